The molecule has 1 atom stereocenters. The Morgan fingerprint density at radius 2 is 1.80 bits per heavy atom. The Bertz CT molecular complexity index is 1090. The van der Waals surface area contributed by atoms with E-state index in [0.29, 0.717) is 26.3 Å². The molecule has 30 heavy (non-hydrogen) atoms. The fraction of sp³-hybridized carbons (Fsp3) is 0.0870. The minimum absolute atomic E-state index is 0.116. The molecule has 3 rings (SSSR count). The SMILES string of the molecule is CC(=O)c1cccc(NC(=O)[C@H](OC(=O)/C=C/c2ccc(I)o2)c2ccccc2)c1. The quantitative estimate of drug-likeness (QED) is 0.207. The highest BCUT2D eigenvalue weighted by Gasteiger charge is 2.24. The molecule has 0 saturated carbocycles. The van der Waals surface area contributed by atoms with Crippen molar-refractivity contribution < 1.29 is 23.5 Å². The van der Waals surface area contributed by atoms with Crippen LogP contribution in [0.25, 0.3) is 6.08 Å². The Morgan fingerprint density at radius 3 is 2.47 bits per heavy atom. The fourth-order valence-electron chi connectivity index (χ4n) is 2.65. The number of hydrogen-bond donors (Lipinski definition) is 1. The van der Waals surface area contributed by atoms with E-state index in [0.717, 1.165) is 0 Å². The van der Waals surface area contributed by atoms with Crippen LogP contribution >= 0.6 is 22.6 Å². The maximum atomic E-state index is 12.9. The van der Waals surface area contributed by atoms with Gasteiger partial charge in [-0.25, -0.2) is 4.79 Å². The number of benzene rings is 2. The number of hydrogen-bond acceptors (Lipinski definition) is 5. The lowest BCUT2D eigenvalue weighted by Gasteiger charge is -2.17. The Kier molecular flexibility index (Phi) is 7.18. The second-order valence-electron chi connectivity index (χ2n) is 6.33. The lowest BCUT2D eigenvalue weighted by Crippen LogP contribution is -2.25. The Balaban J connectivity index is 1.77. The number of ether oxygens (including phenoxy) is 1. The predicted molar refractivity (Wildman–Crippen MR) is 121 cm³/mol. The standard InChI is InChI=1S/C23H18INO5/c1-15(26)17-8-5-9-18(14-17)25-23(28)22(16-6-3-2-4-7-16)30-21(27)13-11-19-10-12-20(24)29-19/h2-14,22H,1H3,(H,25,28)/b13-11+/t22-/m1/s1. The van der Waals surface area contributed by atoms with Crippen LogP contribution in [0.1, 0.15) is 34.7 Å². The van der Waals surface area contributed by atoms with Gasteiger partial charge in [-0.05, 0) is 59.9 Å². The van der Waals surface area contributed by atoms with Gasteiger partial charge in [0.2, 0.25) is 6.10 Å². The minimum atomic E-state index is -1.17. The summed E-state index contributed by atoms with van der Waals surface area (Å²) in [5, 5.41) is 2.71. The number of carbonyl (C=O) groups excluding carboxylic acids is 3. The molecule has 2 aromatic carbocycles. The lowest BCUT2D eigenvalue weighted by molar-refractivity contribution is -0.149. The summed E-state index contributed by atoms with van der Waals surface area (Å²) in [6.45, 7) is 1.45. The van der Waals surface area contributed by atoms with Gasteiger partial charge in [0, 0.05) is 22.9 Å². The van der Waals surface area contributed by atoms with E-state index < -0.39 is 18.0 Å². The minimum Gasteiger partial charge on any atom is -0.451 e. The average Bonchev–Trinajstić information content (AvgIpc) is 3.16. The number of ketones is 1. The second kappa shape index (κ2) is 10.0. The first-order valence-electron chi connectivity index (χ1n) is 9.03. The normalized spacial score (nSPS) is 11.8. The number of esters is 1. The summed E-state index contributed by atoms with van der Waals surface area (Å²) in [6.07, 6.45) is 1.51. The van der Waals surface area contributed by atoms with Gasteiger partial charge in [0.05, 0.1) is 0 Å². The highest BCUT2D eigenvalue weighted by Crippen LogP contribution is 2.21. The van der Waals surface area contributed by atoms with Crippen molar-refractivity contribution in [3.05, 3.63) is 93.5 Å². The monoisotopic (exact) mass is 515 g/mol. The van der Waals surface area contributed by atoms with E-state index in [4.69, 9.17) is 9.15 Å². The van der Waals surface area contributed by atoms with E-state index in [9.17, 15) is 14.4 Å². The van der Waals surface area contributed by atoms with Gasteiger partial charge in [0.15, 0.2) is 9.55 Å². The van der Waals surface area contributed by atoms with Crippen LogP contribution in [0.4, 0.5) is 5.69 Å². The van der Waals surface area contributed by atoms with Gasteiger partial charge >= 0.3 is 5.97 Å². The molecule has 0 aliphatic rings. The summed E-state index contributed by atoms with van der Waals surface area (Å²) < 4.78 is 11.5. The zero-order chi connectivity index (χ0) is 21.5. The van der Waals surface area contributed by atoms with Crippen molar-refractivity contribution >= 4 is 52.0 Å². The van der Waals surface area contributed by atoms with Crippen molar-refractivity contribution in [2.45, 2.75) is 13.0 Å². The highest BCUT2D eigenvalue weighted by molar-refractivity contribution is 14.1. The molecule has 7 heteroatoms. The van der Waals surface area contributed by atoms with E-state index in [1.807, 2.05) is 22.6 Å². The first-order chi connectivity index (χ1) is 14.4. The largest absolute Gasteiger partial charge is 0.451 e. The first kappa shape index (κ1) is 21.5. The van der Waals surface area contributed by atoms with Gasteiger partial charge in [-0.15, -0.1) is 0 Å². The Labute approximate surface area is 187 Å². The third-order valence-electron chi connectivity index (χ3n) is 4.09. The van der Waals surface area contributed by atoms with Crippen molar-refractivity contribution in [1.29, 1.82) is 0 Å². The average molecular weight is 515 g/mol. The van der Waals surface area contributed by atoms with Crippen molar-refractivity contribution in [3.63, 3.8) is 0 Å². The molecule has 1 N–H and O–H groups in total. The molecule has 0 radical (unpaired) electrons. The molecule has 152 valence electrons. The van der Waals surface area contributed by atoms with Gasteiger partial charge in [0.1, 0.15) is 5.76 Å². The van der Waals surface area contributed by atoms with Crippen LogP contribution in [0.5, 0.6) is 0 Å². The van der Waals surface area contributed by atoms with Crippen molar-refractivity contribution in [2.75, 3.05) is 5.32 Å². The number of furan rings is 1. The fourth-order valence-corrected chi connectivity index (χ4v) is 3.08. The molecule has 0 unspecified atom stereocenters. The molecule has 0 bridgehead atoms. The molecule has 0 aliphatic carbocycles. The van der Waals surface area contributed by atoms with Gasteiger partial charge in [-0.3, -0.25) is 9.59 Å². The molecule has 0 aliphatic heterocycles. The van der Waals surface area contributed by atoms with Crippen LogP contribution in [0, 0.1) is 3.77 Å². The van der Waals surface area contributed by atoms with E-state index >= 15 is 0 Å². The Morgan fingerprint density at radius 1 is 1.03 bits per heavy atom. The molecular weight excluding hydrogens is 497 g/mol. The Hall–Kier alpha value is -3.20. The molecule has 6 nitrogen and oxygen atoms in total. The van der Waals surface area contributed by atoms with Crippen molar-refractivity contribution in [3.8, 4) is 0 Å². The predicted octanol–water partition coefficient (Wildman–Crippen LogP) is 5.02. The topological polar surface area (TPSA) is 85.6 Å². The number of amides is 1. The van der Waals surface area contributed by atoms with Crippen LogP contribution in [-0.4, -0.2) is 17.7 Å². The number of anilines is 1. The third kappa shape index (κ3) is 5.90. The lowest BCUT2D eigenvalue weighted by atomic mass is 10.1. The van der Waals surface area contributed by atoms with Crippen LogP contribution in [0.15, 0.2) is 77.2 Å². The maximum absolute atomic E-state index is 12.9. The number of halogens is 1. The molecule has 1 aromatic heterocycles. The molecule has 0 saturated heterocycles. The van der Waals surface area contributed by atoms with E-state index in [1.165, 1.54) is 19.1 Å². The number of Topliss-reactive ketones (excluding diaryl/α,β-unsaturated/α-hetero) is 1. The first-order valence-corrected chi connectivity index (χ1v) is 10.1. The van der Waals surface area contributed by atoms with Crippen LogP contribution in [-0.2, 0) is 14.3 Å². The summed E-state index contributed by atoms with van der Waals surface area (Å²) in [6, 6.07) is 18.7. The number of carbonyl (C=O) groups is 3. The van der Waals surface area contributed by atoms with Crippen LogP contribution in [0.2, 0.25) is 0 Å². The zero-order valence-corrected chi connectivity index (χ0v) is 18.2. The number of nitrogens with one attached hydrogen (secondary N) is 1. The molecule has 1 amide bonds. The van der Waals surface area contributed by atoms with Crippen molar-refractivity contribution in [1.82, 2.24) is 0 Å². The third-order valence-corrected chi connectivity index (χ3v) is 4.67. The van der Waals surface area contributed by atoms with E-state index in [2.05, 4.69) is 5.32 Å². The zero-order valence-electron chi connectivity index (χ0n) is 16.0. The summed E-state index contributed by atoms with van der Waals surface area (Å²) in [7, 11) is 0. The van der Waals surface area contributed by atoms with Crippen LogP contribution in [0.3, 0.4) is 0 Å². The summed E-state index contributed by atoms with van der Waals surface area (Å²) in [5.41, 5.74) is 1.43. The van der Waals surface area contributed by atoms with Crippen molar-refractivity contribution in [2.24, 2.45) is 0 Å². The summed E-state index contributed by atoms with van der Waals surface area (Å²) in [5.74, 6) is -0.841. The second-order valence-corrected chi connectivity index (χ2v) is 7.39. The summed E-state index contributed by atoms with van der Waals surface area (Å²) >= 11 is 2.02. The van der Waals surface area contributed by atoms with Gasteiger partial charge in [0.25, 0.3) is 5.91 Å². The highest BCUT2D eigenvalue weighted by atomic mass is 127. The van der Waals surface area contributed by atoms with Gasteiger partial charge in [-0.1, -0.05) is 42.5 Å². The van der Waals surface area contributed by atoms with Gasteiger partial charge in [-0.2, -0.15) is 0 Å². The maximum Gasteiger partial charge on any atom is 0.332 e. The summed E-state index contributed by atoms with van der Waals surface area (Å²) in [4.78, 5) is 36.8. The molecule has 0 fully saturated rings. The van der Waals surface area contributed by atoms with Crippen LogP contribution < -0.4 is 5.32 Å². The molecule has 1 heterocycles. The van der Waals surface area contributed by atoms with E-state index in [-0.39, 0.29) is 5.78 Å². The molecule has 0 spiro atoms. The molecule has 3 aromatic rings. The number of rotatable bonds is 7. The van der Waals surface area contributed by atoms with E-state index in [1.54, 1.807) is 66.7 Å². The smallest absolute Gasteiger partial charge is 0.332 e. The molecular formula is C23H18INO5. The van der Waals surface area contributed by atoms with Gasteiger partial charge < -0.3 is 14.5 Å².